The van der Waals surface area contributed by atoms with Crippen molar-refractivity contribution in [1.82, 2.24) is 14.8 Å². The quantitative estimate of drug-likeness (QED) is 0.384. The third-order valence-electron chi connectivity index (χ3n) is 6.78. The minimum absolute atomic E-state index is 0.112. The molecule has 2 aromatic rings. The first-order valence-corrected chi connectivity index (χ1v) is 13.9. The number of piperidine rings is 1. The fraction of sp³-hybridized carbons (Fsp3) is 0.552. The van der Waals surface area contributed by atoms with Gasteiger partial charge in [-0.3, -0.25) is 4.79 Å². The molecular formula is C29H42Cl2N4O3. The topological polar surface area (TPSA) is 66.0 Å². The van der Waals surface area contributed by atoms with Crippen LogP contribution in [0.4, 0.5) is 5.82 Å². The van der Waals surface area contributed by atoms with Gasteiger partial charge in [0.25, 0.3) is 5.91 Å². The Morgan fingerprint density at radius 3 is 2.34 bits per heavy atom. The molecule has 0 radical (unpaired) electrons. The van der Waals surface area contributed by atoms with Gasteiger partial charge < -0.3 is 24.2 Å². The summed E-state index contributed by atoms with van der Waals surface area (Å²) in [5.74, 6) is 1.58. The van der Waals surface area contributed by atoms with Crippen molar-refractivity contribution in [3.8, 4) is 0 Å². The fourth-order valence-electron chi connectivity index (χ4n) is 4.70. The van der Waals surface area contributed by atoms with Gasteiger partial charge in [-0.25, -0.2) is 4.98 Å². The van der Waals surface area contributed by atoms with E-state index in [0.717, 1.165) is 49.3 Å². The first kappa shape index (κ1) is 32.0. The largest absolute Gasteiger partial charge is 0.374 e. The number of amides is 1. The molecule has 2 aliphatic rings. The summed E-state index contributed by atoms with van der Waals surface area (Å²) >= 11 is 12.1. The van der Waals surface area contributed by atoms with Gasteiger partial charge in [-0.15, -0.1) is 0 Å². The van der Waals surface area contributed by atoms with E-state index < -0.39 is 0 Å². The van der Waals surface area contributed by atoms with E-state index in [-0.39, 0.29) is 12.0 Å². The van der Waals surface area contributed by atoms with Crippen LogP contribution in [0.5, 0.6) is 0 Å². The molecule has 9 heteroatoms. The first-order valence-electron chi connectivity index (χ1n) is 13.2. The number of benzene rings is 1. The van der Waals surface area contributed by atoms with Gasteiger partial charge in [-0.1, -0.05) is 35.3 Å². The van der Waals surface area contributed by atoms with Crippen molar-refractivity contribution < 1.29 is 14.3 Å². The molecule has 1 aromatic carbocycles. The van der Waals surface area contributed by atoms with Crippen LogP contribution in [-0.2, 0) is 9.53 Å². The lowest BCUT2D eigenvalue weighted by Crippen LogP contribution is -2.34. The summed E-state index contributed by atoms with van der Waals surface area (Å²) in [6.07, 6.45) is 7.54. The Morgan fingerprint density at radius 2 is 1.79 bits per heavy atom. The zero-order chi connectivity index (χ0) is 28.1. The van der Waals surface area contributed by atoms with Crippen LogP contribution in [0.1, 0.15) is 60.6 Å². The van der Waals surface area contributed by atoms with E-state index in [0.29, 0.717) is 10.7 Å². The predicted octanol–water partition coefficient (Wildman–Crippen LogP) is 6.00. The van der Waals surface area contributed by atoms with E-state index in [1.54, 1.807) is 20.2 Å². The van der Waals surface area contributed by atoms with Crippen LogP contribution in [0.25, 0.3) is 0 Å². The average molecular weight is 566 g/mol. The number of hydrogen-bond acceptors (Lipinski definition) is 6. The molecule has 0 bridgehead atoms. The number of pyridine rings is 1. The number of rotatable bonds is 7. The number of carbonyl (C=O) groups excluding carboxylic acids is 2. The number of ether oxygens (including phenoxy) is 1. The summed E-state index contributed by atoms with van der Waals surface area (Å²) < 4.78 is 5.54. The fourth-order valence-corrected chi connectivity index (χ4v) is 5.12. The molecule has 4 rings (SSSR count). The number of nitrogens with zero attached hydrogens (tertiary/aromatic N) is 4. The number of anilines is 1. The summed E-state index contributed by atoms with van der Waals surface area (Å²) in [5.41, 5.74) is 1.67. The summed E-state index contributed by atoms with van der Waals surface area (Å²) in [6, 6.07) is 11.6. The standard InChI is InChI=1S/C18H29ClN4O.C10H11ClO.CH2O/c1-21(2)11-5-6-14-9-12-23(13-10-14)16-8-7-15(17(19)20-16)18(24)22(3)4;11-9-4-1-3-8(7-9)10-5-2-6-12-10;1-2/h7-8,14H,5-6,9-13H2,1-4H3;1,3-4,7,10H,2,5-6H2;1H2. The maximum atomic E-state index is 12.0. The Morgan fingerprint density at radius 1 is 1.08 bits per heavy atom. The van der Waals surface area contributed by atoms with Crippen molar-refractivity contribution in [2.75, 3.05) is 59.3 Å². The number of halogens is 2. The van der Waals surface area contributed by atoms with Gasteiger partial charge >= 0.3 is 0 Å². The van der Waals surface area contributed by atoms with Crippen LogP contribution in [-0.4, -0.2) is 81.9 Å². The second-order valence-corrected chi connectivity index (χ2v) is 10.9. The highest BCUT2D eigenvalue weighted by atomic mass is 35.5. The lowest BCUT2D eigenvalue weighted by molar-refractivity contribution is -0.0980. The van der Waals surface area contributed by atoms with E-state index in [1.807, 2.05) is 31.1 Å². The minimum atomic E-state index is -0.112. The molecule has 0 saturated carbocycles. The third kappa shape index (κ3) is 10.2. The lowest BCUT2D eigenvalue weighted by Gasteiger charge is -2.33. The van der Waals surface area contributed by atoms with Gasteiger partial charge in [0.1, 0.15) is 17.8 Å². The molecule has 7 nitrogen and oxygen atoms in total. The summed E-state index contributed by atoms with van der Waals surface area (Å²) in [6.45, 7) is 6.07. The molecule has 210 valence electrons. The van der Waals surface area contributed by atoms with Gasteiger partial charge in [0.05, 0.1) is 11.7 Å². The zero-order valence-corrected chi connectivity index (χ0v) is 24.7. The normalized spacial score (nSPS) is 17.3. The van der Waals surface area contributed by atoms with Crippen LogP contribution in [0.15, 0.2) is 36.4 Å². The van der Waals surface area contributed by atoms with Crippen LogP contribution >= 0.6 is 23.2 Å². The Bertz CT molecular complexity index is 992. The highest BCUT2D eigenvalue weighted by molar-refractivity contribution is 6.32. The first-order chi connectivity index (χ1) is 18.2. The van der Waals surface area contributed by atoms with Gasteiger partial charge in [0.15, 0.2) is 0 Å². The highest BCUT2D eigenvalue weighted by Gasteiger charge is 2.22. The van der Waals surface area contributed by atoms with Crippen LogP contribution in [0.3, 0.4) is 0 Å². The third-order valence-corrected chi connectivity index (χ3v) is 7.30. The Labute approximate surface area is 238 Å². The predicted molar refractivity (Wildman–Crippen MR) is 156 cm³/mol. The molecule has 1 aromatic heterocycles. The van der Waals surface area contributed by atoms with Crippen molar-refractivity contribution in [2.45, 2.75) is 44.6 Å². The summed E-state index contributed by atoms with van der Waals surface area (Å²) in [5, 5.41) is 1.09. The second kappa shape index (κ2) is 16.7. The molecule has 1 atom stereocenters. The van der Waals surface area contributed by atoms with Crippen molar-refractivity contribution >= 4 is 41.7 Å². The van der Waals surface area contributed by atoms with Crippen molar-refractivity contribution in [2.24, 2.45) is 5.92 Å². The van der Waals surface area contributed by atoms with Crippen molar-refractivity contribution in [3.63, 3.8) is 0 Å². The molecular weight excluding hydrogens is 523 g/mol. The molecule has 0 N–H and O–H groups in total. The SMILES string of the molecule is C=O.CN(C)CCCC1CCN(c2ccc(C(=O)N(C)C)c(Cl)n2)CC1.Clc1cccc(C2CCCO2)c1. The van der Waals surface area contributed by atoms with Crippen molar-refractivity contribution in [3.05, 3.63) is 57.7 Å². The van der Waals surface area contributed by atoms with E-state index in [4.69, 9.17) is 32.7 Å². The van der Waals surface area contributed by atoms with Crippen molar-refractivity contribution in [1.29, 1.82) is 0 Å². The van der Waals surface area contributed by atoms with E-state index in [1.165, 1.54) is 42.7 Å². The molecule has 38 heavy (non-hydrogen) atoms. The van der Waals surface area contributed by atoms with Gasteiger partial charge in [-0.05, 0) is 94.9 Å². The maximum Gasteiger partial charge on any atom is 0.256 e. The molecule has 1 unspecified atom stereocenters. The molecule has 0 spiro atoms. The van der Waals surface area contributed by atoms with Gasteiger partial charge in [0, 0.05) is 38.8 Å². The molecule has 3 heterocycles. The van der Waals surface area contributed by atoms with E-state index >= 15 is 0 Å². The zero-order valence-electron chi connectivity index (χ0n) is 23.2. The highest BCUT2D eigenvalue weighted by Crippen LogP contribution is 2.30. The van der Waals surface area contributed by atoms with Gasteiger partial charge in [0.2, 0.25) is 0 Å². The van der Waals surface area contributed by atoms with Gasteiger partial charge in [-0.2, -0.15) is 0 Å². The number of hydrogen-bond donors (Lipinski definition) is 0. The average Bonchev–Trinajstić information content (AvgIpc) is 3.45. The smallest absolute Gasteiger partial charge is 0.256 e. The lowest BCUT2D eigenvalue weighted by atomic mass is 9.92. The number of aromatic nitrogens is 1. The van der Waals surface area contributed by atoms with Crippen LogP contribution in [0, 0.1) is 5.92 Å². The Kier molecular flexibility index (Phi) is 14.1. The summed E-state index contributed by atoms with van der Waals surface area (Å²) in [4.78, 5) is 30.5. The Balaban J connectivity index is 0.000000301. The van der Waals surface area contributed by atoms with Crippen LogP contribution < -0.4 is 4.90 Å². The monoisotopic (exact) mass is 564 g/mol. The Hall–Kier alpha value is -2.19. The molecule has 2 fully saturated rings. The molecule has 2 aliphatic heterocycles. The van der Waals surface area contributed by atoms with Crippen LogP contribution in [0.2, 0.25) is 10.2 Å². The van der Waals surface area contributed by atoms with E-state index in [9.17, 15) is 4.79 Å². The second-order valence-electron chi connectivity index (χ2n) is 10.1. The van der Waals surface area contributed by atoms with E-state index in [2.05, 4.69) is 34.9 Å². The summed E-state index contributed by atoms with van der Waals surface area (Å²) in [7, 11) is 7.69. The molecule has 2 saturated heterocycles. The number of carbonyl (C=O) groups is 2. The minimum Gasteiger partial charge on any atom is -0.374 e. The molecule has 0 aliphatic carbocycles. The molecule has 1 amide bonds. The maximum absolute atomic E-state index is 12.0.